The van der Waals surface area contributed by atoms with E-state index in [1.54, 1.807) is 6.33 Å². The van der Waals surface area contributed by atoms with Crippen LogP contribution in [0.25, 0.3) is 11.2 Å². The van der Waals surface area contributed by atoms with Crippen LogP contribution in [0.15, 0.2) is 12.7 Å². The minimum Gasteiger partial charge on any atom is -0.382 e. The van der Waals surface area contributed by atoms with Gasteiger partial charge in [0.2, 0.25) is 0 Å². The Balaban J connectivity index is 1.43. The average molecular weight is 485 g/mol. The van der Waals surface area contributed by atoms with Crippen molar-refractivity contribution in [3.8, 4) is 0 Å². The van der Waals surface area contributed by atoms with E-state index in [1.165, 1.54) is 6.33 Å². The first-order chi connectivity index (χ1) is 13.8. The number of rotatable bonds is 7. The molecule has 0 bridgehead atoms. The summed E-state index contributed by atoms with van der Waals surface area (Å²) in [5, 5.41) is 0. The van der Waals surface area contributed by atoms with E-state index < -0.39 is 29.6 Å². The van der Waals surface area contributed by atoms with Gasteiger partial charge in [0, 0.05) is 6.04 Å². The fourth-order valence-electron chi connectivity index (χ4n) is 4.18. The first-order valence-corrected chi connectivity index (χ1v) is 13.1. The van der Waals surface area contributed by atoms with Crippen molar-refractivity contribution in [3.63, 3.8) is 0 Å². The number of nitrogens with zero attached hydrogens (tertiary/aromatic N) is 4. The summed E-state index contributed by atoms with van der Waals surface area (Å²) in [4.78, 5) is 48.4. The van der Waals surface area contributed by atoms with E-state index in [2.05, 4.69) is 23.6 Å². The second kappa shape index (κ2) is 7.14. The zero-order chi connectivity index (χ0) is 22.1. The molecule has 166 valence electrons. The van der Waals surface area contributed by atoms with Crippen molar-refractivity contribution < 1.29 is 46.4 Å². The number of phosphoric ester groups is 1. The molecule has 0 aromatic carbocycles. The van der Waals surface area contributed by atoms with E-state index in [-0.39, 0.29) is 29.6 Å². The van der Waals surface area contributed by atoms with E-state index in [4.69, 9.17) is 20.0 Å². The van der Waals surface area contributed by atoms with Crippen LogP contribution in [0.3, 0.4) is 0 Å². The van der Waals surface area contributed by atoms with Crippen LogP contribution in [0.2, 0.25) is 0 Å². The average Bonchev–Trinajstić information content (AvgIpc) is 2.90. The molecule has 4 rings (SSSR count). The largest absolute Gasteiger partial charge is 0.490 e. The summed E-state index contributed by atoms with van der Waals surface area (Å²) in [5.41, 5.74) is 6.82. The Morgan fingerprint density at radius 1 is 1.10 bits per heavy atom. The summed E-state index contributed by atoms with van der Waals surface area (Å²) in [7, 11) is -16.1. The predicted molar refractivity (Wildman–Crippen MR) is 98.3 cm³/mol. The molecule has 2 aliphatic rings. The molecule has 0 radical (unpaired) electrons. The van der Waals surface area contributed by atoms with Gasteiger partial charge in [0.1, 0.15) is 11.8 Å². The molecule has 0 saturated heterocycles. The van der Waals surface area contributed by atoms with E-state index in [0.717, 1.165) is 0 Å². The molecule has 2 aliphatic carbocycles. The van der Waals surface area contributed by atoms with Gasteiger partial charge in [0.05, 0.1) is 12.4 Å². The zero-order valence-corrected chi connectivity index (χ0v) is 17.9. The predicted octanol–water partition coefficient (Wildman–Crippen LogP) is 0.947. The molecule has 30 heavy (non-hydrogen) atoms. The molecule has 2 aromatic rings. The smallest absolute Gasteiger partial charge is 0.382 e. The highest BCUT2D eigenvalue weighted by Gasteiger charge is 2.64. The summed E-state index contributed by atoms with van der Waals surface area (Å²) in [6.07, 6.45) is 2.73. The highest BCUT2D eigenvalue weighted by molar-refractivity contribution is 7.66. The van der Waals surface area contributed by atoms with Crippen molar-refractivity contribution in [1.29, 1.82) is 0 Å². The van der Waals surface area contributed by atoms with E-state index in [0.29, 0.717) is 17.6 Å². The second-order valence-corrected chi connectivity index (χ2v) is 11.5. The molecule has 0 amide bonds. The van der Waals surface area contributed by atoms with Crippen molar-refractivity contribution in [3.05, 3.63) is 12.7 Å². The lowest BCUT2D eigenvalue weighted by Gasteiger charge is -2.23. The van der Waals surface area contributed by atoms with E-state index in [9.17, 15) is 23.5 Å². The van der Waals surface area contributed by atoms with Crippen LogP contribution in [0.5, 0.6) is 0 Å². The van der Waals surface area contributed by atoms with Crippen molar-refractivity contribution in [2.24, 2.45) is 17.8 Å². The Morgan fingerprint density at radius 2 is 1.80 bits per heavy atom. The molecule has 2 heterocycles. The number of nitrogens with two attached hydrogens (primary N) is 1. The highest BCUT2D eigenvalue weighted by Crippen LogP contribution is 2.70. The van der Waals surface area contributed by atoms with Gasteiger partial charge in [0.25, 0.3) is 0 Å². The number of aromatic nitrogens is 4. The lowest BCUT2D eigenvalue weighted by Crippen LogP contribution is -2.19. The Kier molecular flexibility index (Phi) is 5.23. The third kappa shape index (κ3) is 4.23. The molecular weight excluding hydrogens is 467 g/mol. The standard InChI is InChI=1S/C12H18N5O10P3/c1-5-7(17-4-16-9-11(13)14-3-15-12(9)17)2-6-8(5)10(6)25-29(21,22)27-30(23,24)26-28(18,19)20/h3-8,10H,2H2,1H3,(H,21,22)(H,23,24)(H2,13,14,15)(H2,18,19,20)/t5-,6?,7-,8-,10?/m0/s1. The van der Waals surface area contributed by atoms with Crippen LogP contribution in [-0.2, 0) is 26.8 Å². The lowest BCUT2D eigenvalue weighted by atomic mass is 10.00. The Bertz CT molecular complexity index is 1140. The summed E-state index contributed by atoms with van der Waals surface area (Å²) < 4.78 is 48.5. The molecule has 2 fully saturated rings. The quantitative estimate of drug-likeness (QED) is 0.344. The van der Waals surface area contributed by atoms with Gasteiger partial charge in [-0.1, -0.05) is 6.92 Å². The Labute approximate surface area is 168 Å². The van der Waals surface area contributed by atoms with Gasteiger partial charge in [0.15, 0.2) is 11.5 Å². The van der Waals surface area contributed by atoms with Gasteiger partial charge in [-0.15, -0.1) is 0 Å². The van der Waals surface area contributed by atoms with Crippen LogP contribution in [0.4, 0.5) is 5.82 Å². The number of anilines is 1. The molecule has 18 heteroatoms. The van der Waals surface area contributed by atoms with Gasteiger partial charge < -0.3 is 29.9 Å². The fourth-order valence-corrected chi connectivity index (χ4v) is 7.44. The third-order valence-corrected chi connectivity index (χ3v) is 9.13. The molecule has 7 atom stereocenters. The summed E-state index contributed by atoms with van der Waals surface area (Å²) in [5.74, 6) is -0.0936. The van der Waals surface area contributed by atoms with Crippen molar-refractivity contribution in [1.82, 2.24) is 19.5 Å². The first-order valence-electron chi connectivity index (χ1n) is 8.53. The van der Waals surface area contributed by atoms with E-state index >= 15 is 0 Å². The number of phosphoric acid groups is 3. The van der Waals surface area contributed by atoms with Gasteiger partial charge >= 0.3 is 23.5 Å². The maximum absolute atomic E-state index is 12.0. The molecule has 4 unspecified atom stereocenters. The highest BCUT2D eigenvalue weighted by atomic mass is 31.3. The minimum absolute atomic E-state index is 0.0409. The van der Waals surface area contributed by atoms with Crippen molar-refractivity contribution in [2.75, 3.05) is 5.73 Å². The molecule has 0 aliphatic heterocycles. The summed E-state index contributed by atoms with van der Waals surface area (Å²) >= 11 is 0. The minimum atomic E-state index is -5.53. The van der Waals surface area contributed by atoms with Crippen LogP contribution in [0.1, 0.15) is 19.4 Å². The monoisotopic (exact) mass is 485 g/mol. The van der Waals surface area contributed by atoms with E-state index in [1.807, 2.05) is 11.5 Å². The fraction of sp³-hybridized carbons (Fsp3) is 0.583. The number of hydrogen-bond donors (Lipinski definition) is 5. The number of imidazole rings is 1. The molecule has 2 saturated carbocycles. The Hall–Kier alpha value is -1.24. The molecule has 15 nitrogen and oxygen atoms in total. The van der Waals surface area contributed by atoms with Gasteiger partial charge in [-0.25, -0.2) is 28.6 Å². The maximum Gasteiger partial charge on any atom is 0.490 e. The maximum atomic E-state index is 12.0. The van der Waals surface area contributed by atoms with Crippen LogP contribution in [0, 0.1) is 17.8 Å². The number of hydrogen-bond acceptors (Lipinski definition) is 10. The van der Waals surface area contributed by atoms with Crippen LogP contribution >= 0.6 is 23.5 Å². The second-order valence-electron chi connectivity index (χ2n) is 7.15. The molecule has 2 aromatic heterocycles. The van der Waals surface area contributed by atoms with Crippen LogP contribution in [-0.4, -0.2) is 45.2 Å². The molecular formula is C12H18N5O10P3. The summed E-state index contributed by atoms with van der Waals surface area (Å²) in [6.45, 7) is 1.91. The third-order valence-electron chi connectivity index (χ3n) is 5.30. The van der Waals surface area contributed by atoms with Gasteiger partial charge in [-0.2, -0.15) is 8.62 Å². The normalized spacial score (nSPS) is 32.5. The van der Waals surface area contributed by atoms with Crippen molar-refractivity contribution >= 4 is 40.4 Å². The van der Waals surface area contributed by atoms with Crippen LogP contribution < -0.4 is 5.73 Å². The Morgan fingerprint density at radius 3 is 2.40 bits per heavy atom. The number of nitrogen functional groups attached to an aromatic ring is 1. The zero-order valence-electron chi connectivity index (χ0n) is 15.2. The molecule has 0 spiro atoms. The van der Waals surface area contributed by atoms with Crippen molar-refractivity contribution in [2.45, 2.75) is 25.5 Å². The molecule has 6 N–H and O–H groups in total. The topological polar surface area (TPSA) is 229 Å². The number of fused-ring (bicyclic) bond motifs is 2. The van der Waals surface area contributed by atoms with Gasteiger partial charge in [-0.05, 0) is 24.2 Å². The SMILES string of the molecule is C[C@@H]1[C@H]2C(C[C@@H]1n1cnc3c(N)ncnc31)C2OP(=O)(O)OP(=O)(O)OP(=O)(O)O. The first kappa shape index (κ1) is 22.0. The lowest BCUT2D eigenvalue weighted by molar-refractivity contribution is 0.140. The van der Waals surface area contributed by atoms with Gasteiger partial charge in [-0.3, -0.25) is 4.52 Å². The summed E-state index contributed by atoms with van der Waals surface area (Å²) in [6, 6.07) is -0.0416.